The van der Waals surface area contributed by atoms with Crippen LogP contribution in [-0.2, 0) is 11.2 Å². The highest BCUT2D eigenvalue weighted by Gasteiger charge is 2.21. The van der Waals surface area contributed by atoms with E-state index in [0.29, 0.717) is 12.2 Å². The molecule has 0 unspecified atom stereocenters. The first-order valence-corrected chi connectivity index (χ1v) is 11.0. The molecule has 0 N–H and O–H groups in total. The van der Waals surface area contributed by atoms with Crippen molar-refractivity contribution in [1.82, 2.24) is 14.6 Å². The zero-order valence-electron chi connectivity index (χ0n) is 19.8. The van der Waals surface area contributed by atoms with Gasteiger partial charge in [-0.15, -0.1) is 0 Å². The van der Waals surface area contributed by atoms with Crippen molar-refractivity contribution < 1.29 is 9.53 Å². The van der Waals surface area contributed by atoms with Crippen LogP contribution in [0.1, 0.15) is 23.9 Å². The third-order valence-electron chi connectivity index (χ3n) is 5.65. The van der Waals surface area contributed by atoms with E-state index in [2.05, 4.69) is 11.8 Å². The Morgan fingerprint density at radius 3 is 2.65 bits per heavy atom. The molecular weight excluding hydrogens is 426 g/mol. The molecule has 0 fully saturated rings. The molecule has 0 atom stereocenters. The largest absolute Gasteiger partial charge is 0.496 e. The molecule has 2 aromatic carbocycles. The van der Waals surface area contributed by atoms with Gasteiger partial charge in [0.2, 0.25) is 0 Å². The lowest BCUT2D eigenvalue weighted by Gasteiger charge is -2.16. The van der Waals surface area contributed by atoms with Crippen LogP contribution in [0.25, 0.3) is 28.0 Å². The molecule has 7 nitrogen and oxygen atoms in total. The van der Waals surface area contributed by atoms with E-state index in [4.69, 9.17) is 14.8 Å². The van der Waals surface area contributed by atoms with Gasteiger partial charge < -0.3 is 9.53 Å². The number of hydrogen-bond donors (Lipinski definition) is 0. The maximum Gasteiger partial charge on any atom is 0.164 e. The van der Waals surface area contributed by atoms with Crippen LogP contribution in [0.5, 0.6) is 5.75 Å². The average Bonchev–Trinajstić information content (AvgIpc) is 3.17. The van der Waals surface area contributed by atoms with Gasteiger partial charge in [-0.1, -0.05) is 30.3 Å². The fourth-order valence-corrected chi connectivity index (χ4v) is 4.17. The van der Waals surface area contributed by atoms with Crippen molar-refractivity contribution in [1.29, 1.82) is 0 Å². The number of benzene rings is 2. The van der Waals surface area contributed by atoms with E-state index < -0.39 is 0 Å². The van der Waals surface area contributed by atoms with Crippen molar-refractivity contribution in [3.8, 4) is 28.1 Å². The monoisotopic (exact) mass is 453 g/mol. The molecule has 172 valence electrons. The van der Waals surface area contributed by atoms with Crippen LogP contribution < -0.4 is 9.75 Å². The third kappa shape index (κ3) is 4.08. The fourth-order valence-electron chi connectivity index (χ4n) is 4.17. The summed E-state index contributed by atoms with van der Waals surface area (Å²) in [7, 11) is 1.64. The zero-order valence-corrected chi connectivity index (χ0v) is 19.8. The van der Waals surface area contributed by atoms with Crippen molar-refractivity contribution in [2.24, 2.45) is 5.10 Å². The van der Waals surface area contributed by atoms with Gasteiger partial charge in [-0.25, -0.2) is 14.5 Å². The molecule has 0 radical (unpaired) electrons. The van der Waals surface area contributed by atoms with Crippen LogP contribution >= 0.6 is 0 Å². The molecule has 0 aliphatic rings. The summed E-state index contributed by atoms with van der Waals surface area (Å²) in [6, 6.07) is 15.8. The lowest BCUT2D eigenvalue weighted by Crippen LogP contribution is -2.06. The predicted octanol–water partition coefficient (Wildman–Crippen LogP) is 5.39. The number of aldehydes is 1. The van der Waals surface area contributed by atoms with Crippen LogP contribution in [0.3, 0.4) is 0 Å². The number of ether oxygens (including phenoxy) is 1. The van der Waals surface area contributed by atoms with Crippen LogP contribution in [0, 0.1) is 13.8 Å². The highest BCUT2D eigenvalue weighted by Crippen LogP contribution is 2.39. The van der Waals surface area contributed by atoms with E-state index in [0.717, 1.165) is 57.0 Å². The van der Waals surface area contributed by atoms with Crippen molar-refractivity contribution in [3.05, 3.63) is 77.8 Å². The summed E-state index contributed by atoms with van der Waals surface area (Å²) < 4.78 is 7.62. The maximum absolute atomic E-state index is 11.3. The number of methoxy groups -OCH3 is 1. The van der Waals surface area contributed by atoms with E-state index in [9.17, 15) is 4.79 Å². The summed E-state index contributed by atoms with van der Waals surface area (Å²) in [6.45, 7) is 9.49. The molecule has 7 heteroatoms. The Kier molecular flexibility index (Phi) is 6.54. The SMILES string of the molecule is C=NN(/C=C\C)c1ccc(-c2c(C)nn3c(-c4ccccc4CC=O)cc(C)nc23)c(OC)c1. The van der Waals surface area contributed by atoms with Gasteiger partial charge in [0.25, 0.3) is 0 Å². The predicted molar refractivity (Wildman–Crippen MR) is 136 cm³/mol. The molecule has 0 spiro atoms. The van der Waals surface area contributed by atoms with E-state index >= 15 is 0 Å². The van der Waals surface area contributed by atoms with Gasteiger partial charge in [-0.05, 0) is 44.5 Å². The van der Waals surface area contributed by atoms with Crippen LogP contribution in [0.15, 0.2) is 65.9 Å². The van der Waals surface area contributed by atoms with E-state index in [1.54, 1.807) is 12.1 Å². The number of allylic oxidation sites excluding steroid dienone is 1. The molecule has 4 aromatic rings. The molecule has 0 aliphatic heterocycles. The number of nitrogens with zero attached hydrogens (tertiary/aromatic N) is 5. The smallest absolute Gasteiger partial charge is 0.164 e. The van der Waals surface area contributed by atoms with Crippen LogP contribution in [-0.4, -0.2) is 34.7 Å². The third-order valence-corrected chi connectivity index (χ3v) is 5.65. The number of anilines is 1. The second-order valence-electron chi connectivity index (χ2n) is 7.86. The second-order valence-corrected chi connectivity index (χ2v) is 7.86. The normalized spacial score (nSPS) is 11.2. The zero-order chi connectivity index (χ0) is 24.2. The molecular formula is C27H27N5O2. The summed E-state index contributed by atoms with van der Waals surface area (Å²) in [6.07, 6.45) is 4.98. The summed E-state index contributed by atoms with van der Waals surface area (Å²) >= 11 is 0. The molecule has 0 saturated heterocycles. The van der Waals surface area contributed by atoms with Crippen molar-refractivity contribution in [2.45, 2.75) is 27.2 Å². The summed E-state index contributed by atoms with van der Waals surface area (Å²) in [4.78, 5) is 16.1. The van der Waals surface area contributed by atoms with Gasteiger partial charge in [0.05, 0.1) is 29.7 Å². The first kappa shape index (κ1) is 22.9. The van der Waals surface area contributed by atoms with Crippen molar-refractivity contribution in [2.75, 3.05) is 12.1 Å². The van der Waals surface area contributed by atoms with Gasteiger partial charge in [0, 0.05) is 42.2 Å². The van der Waals surface area contributed by atoms with Crippen molar-refractivity contribution >= 4 is 24.3 Å². The Labute approximate surface area is 199 Å². The lowest BCUT2D eigenvalue weighted by atomic mass is 10.0. The van der Waals surface area contributed by atoms with Crippen LogP contribution in [0.4, 0.5) is 5.69 Å². The molecule has 2 heterocycles. The number of hydrazone groups is 1. The Hall–Kier alpha value is -4.26. The number of aromatic nitrogens is 3. The quantitative estimate of drug-likeness (QED) is 0.203. The minimum absolute atomic E-state index is 0.335. The Bertz CT molecular complexity index is 1400. The standard InChI is InChI=1S/C27H27N5O2/c1-6-14-31(28-4)21-11-12-23(25(17-21)34-5)26-19(3)30-32-24(16-18(2)29-27(26)32)22-10-8-7-9-20(22)13-15-33/h6-12,14-17H,4,13H2,1-3,5H3/b14-6-. The molecule has 2 aromatic heterocycles. The number of hydrogen-bond acceptors (Lipinski definition) is 6. The lowest BCUT2D eigenvalue weighted by molar-refractivity contribution is -0.107. The number of fused-ring (bicyclic) bond motifs is 1. The molecule has 0 amide bonds. The Balaban J connectivity index is 1.95. The van der Waals surface area contributed by atoms with Gasteiger partial charge in [0.15, 0.2) is 5.65 Å². The van der Waals surface area contributed by atoms with E-state index in [1.807, 2.05) is 86.1 Å². The Morgan fingerprint density at radius 2 is 1.94 bits per heavy atom. The number of carbonyl (C=O) groups is 1. The minimum atomic E-state index is 0.335. The highest BCUT2D eigenvalue weighted by molar-refractivity contribution is 5.86. The van der Waals surface area contributed by atoms with E-state index in [1.165, 1.54) is 0 Å². The first-order valence-electron chi connectivity index (χ1n) is 11.0. The maximum atomic E-state index is 11.3. The van der Waals surface area contributed by atoms with Gasteiger partial charge in [-0.2, -0.15) is 10.2 Å². The minimum Gasteiger partial charge on any atom is -0.496 e. The topological polar surface area (TPSA) is 72.1 Å². The molecule has 0 bridgehead atoms. The summed E-state index contributed by atoms with van der Waals surface area (Å²) in [5.41, 5.74) is 7.81. The second kappa shape index (κ2) is 9.70. The van der Waals surface area contributed by atoms with Gasteiger partial charge >= 0.3 is 0 Å². The molecule has 34 heavy (non-hydrogen) atoms. The highest BCUT2D eigenvalue weighted by atomic mass is 16.5. The number of carbonyl (C=O) groups excluding carboxylic acids is 1. The van der Waals surface area contributed by atoms with Gasteiger partial charge in [-0.3, -0.25) is 0 Å². The molecule has 4 rings (SSSR count). The Morgan fingerprint density at radius 1 is 1.15 bits per heavy atom. The van der Waals surface area contributed by atoms with E-state index in [-0.39, 0.29) is 0 Å². The summed E-state index contributed by atoms with van der Waals surface area (Å²) in [5, 5.41) is 10.6. The molecule has 0 aliphatic carbocycles. The first-order chi connectivity index (χ1) is 16.5. The number of aryl methyl sites for hydroxylation is 2. The summed E-state index contributed by atoms with van der Waals surface area (Å²) in [5.74, 6) is 0.680. The average molecular weight is 454 g/mol. The van der Waals surface area contributed by atoms with Gasteiger partial charge in [0.1, 0.15) is 12.0 Å². The number of rotatable bonds is 8. The van der Waals surface area contributed by atoms with Crippen LogP contribution in [0.2, 0.25) is 0 Å². The molecule has 0 saturated carbocycles. The fraction of sp³-hybridized carbons (Fsp3) is 0.185. The van der Waals surface area contributed by atoms with Crippen molar-refractivity contribution in [3.63, 3.8) is 0 Å².